The van der Waals surface area contributed by atoms with E-state index in [1.54, 1.807) is 19.1 Å². The minimum Gasteiger partial charge on any atom is -0.480 e. The van der Waals surface area contributed by atoms with E-state index in [1.165, 1.54) is 6.07 Å². The van der Waals surface area contributed by atoms with Crippen LogP contribution >= 0.6 is 0 Å². The number of hydrogen-bond acceptors (Lipinski definition) is 3. The van der Waals surface area contributed by atoms with Crippen molar-refractivity contribution in [2.24, 2.45) is 0 Å². The van der Waals surface area contributed by atoms with Crippen LogP contribution in [0.3, 0.4) is 0 Å². The third-order valence-corrected chi connectivity index (χ3v) is 2.17. The molecule has 98 valence electrons. The number of aryl methyl sites for hydroxylation is 1. The highest BCUT2D eigenvalue weighted by Crippen LogP contribution is 2.08. The normalized spacial score (nSPS) is 10.1. The molecule has 0 aromatic heterocycles. The van der Waals surface area contributed by atoms with Gasteiger partial charge in [-0.25, -0.2) is 9.18 Å². The second kappa shape index (κ2) is 6.70. The number of halogens is 1. The lowest BCUT2D eigenvalue weighted by atomic mass is 10.1. The third-order valence-electron chi connectivity index (χ3n) is 2.17. The molecule has 0 radical (unpaired) electrons. The average Bonchev–Trinajstić information content (AvgIpc) is 2.30. The Bertz CT molecular complexity index is 448. The van der Waals surface area contributed by atoms with Crippen LogP contribution in [0.5, 0.6) is 0 Å². The Labute approximate surface area is 104 Å². The molecule has 0 atom stereocenters. The summed E-state index contributed by atoms with van der Waals surface area (Å²) in [5.41, 5.74) is 1.27. The Kier molecular flexibility index (Phi) is 5.26. The molecule has 1 rings (SSSR count). The smallest absolute Gasteiger partial charge is 0.329 e. The molecule has 1 aromatic carbocycles. The number of ether oxygens (including phenoxy) is 1. The number of carbonyl (C=O) groups is 2. The highest BCUT2D eigenvalue weighted by Gasteiger charge is 2.04. The van der Waals surface area contributed by atoms with Crippen LogP contribution in [0.15, 0.2) is 18.2 Å². The van der Waals surface area contributed by atoms with Gasteiger partial charge in [0.2, 0.25) is 5.91 Å². The number of rotatable bonds is 6. The maximum Gasteiger partial charge on any atom is 0.329 e. The molecule has 0 bridgehead atoms. The van der Waals surface area contributed by atoms with E-state index >= 15 is 0 Å². The van der Waals surface area contributed by atoms with Crippen molar-refractivity contribution in [3.63, 3.8) is 0 Å². The SMILES string of the molecule is Cc1cc(CNC(=O)COCC(=O)O)ccc1F. The standard InChI is InChI=1S/C12H14FNO4/c1-8-4-9(2-3-10(8)13)5-14-11(15)6-18-7-12(16)17/h2-4H,5-7H2,1H3,(H,14,15)(H,16,17). The van der Waals surface area contributed by atoms with Crippen LogP contribution in [0, 0.1) is 12.7 Å². The predicted octanol–water partition coefficient (Wildman–Crippen LogP) is 0.852. The molecule has 0 saturated carbocycles. The zero-order valence-corrected chi connectivity index (χ0v) is 9.90. The quantitative estimate of drug-likeness (QED) is 0.790. The summed E-state index contributed by atoms with van der Waals surface area (Å²) in [4.78, 5) is 21.4. The van der Waals surface area contributed by atoms with Crippen molar-refractivity contribution in [1.82, 2.24) is 5.32 Å². The van der Waals surface area contributed by atoms with Gasteiger partial charge in [-0.2, -0.15) is 0 Å². The van der Waals surface area contributed by atoms with Gasteiger partial charge in [0.1, 0.15) is 19.0 Å². The predicted molar refractivity (Wildman–Crippen MR) is 61.4 cm³/mol. The zero-order valence-electron chi connectivity index (χ0n) is 9.90. The molecule has 0 aliphatic carbocycles. The molecule has 1 aromatic rings. The Balaban J connectivity index is 2.33. The van der Waals surface area contributed by atoms with Crippen molar-refractivity contribution in [2.45, 2.75) is 13.5 Å². The molecular formula is C12H14FNO4. The summed E-state index contributed by atoms with van der Waals surface area (Å²) in [6.07, 6.45) is 0. The lowest BCUT2D eigenvalue weighted by Crippen LogP contribution is -2.28. The van der Waals surface area contributed by atoms with Gasteiger partial charge in [0, 0.05) is 6.54 Å². The summed E-state index contributed by atoms with van der Waals surface area (Å²) in [5.74, 6) is -1.84. The van der Waals surface area contributed by atoms with Crippen molar-refractivity contribution >= 4 is 11.9 Å². The van der Waals surface area contributed by atoms with Gasteiger partial charge in [-0.15, -0.1) is 0 Å². The van der Waals surface area contributed by atoms with Gasteiger partial charge < -0.3 is 15.2 Å². The average molecular weight is 255 g/mol. The largest absolute Gasteiger partial charge is 0.480 e. The number of carbonyl (C=O) groups excluding carboxylic acids is 1. The molecule has 2 N–H and O–H groups in total. The van der Waals surface area contributed by atoms with E-state index in [1.807, 2.05) is 0 Å². The van der Waals surface area contributed by atoms with Crippen LogP contribution in [-0.2, 0) is 20.9 Å². The molecule has 18 heavy (non-hydrogen) atoms. The Morgan fingerprint density at radius 3 is 2.72 bits per heavy atom. The summed E-state index contributed by atoms with van der Waals surface area (Å²) in [6, 6.07) is 4.53. The zero-order chi connectivity index (χ0) is 13.5. The fourth-order valence-electron chi connectivity index (χ4n) is 1.30. The monoisotopic (exact) mass is 255 g/mol. The van der Waals surface area contributed by atoms with Crippen molar-refractivity contribution < 1.29 is 23.8 Å². The van der Waals surface area contributed by atoms with Gasteiger partial charge >= 0.3 is 5.97 Å². The van der Waals surface area contributed by atoms with Crippen LogP contribution < -0.4 is 5.32 Å². The van der Waals surface area contributed by atoms with Crippen molar-refractivity contribution in [3.8, 4) is 0 Å². The van der Waals surface area contributed by atoms with E-state index in [2.05, 4.69) is 10.1 Å². The lowest BCUT2D eigenvalue weighted by molar-refractivity contribution is -0.143. The summed E-state index contributed by atoms with van der Waals surface area (Å²) in [6.45, 7) is 1.06. The fraction of sp³-hybridized carbons (Fsp3) is 0.333. The molecule has 6 heteroatoms. The summed E-state index contributed by atoms with van der Waals surface area (Å²) >= 11 is 0. The topological polar surface area (TPSA) is 75.6 Å². The number of nitrogens with one attached hydrogen (secondary N) is 1. The minimum absolute atomic E-state index is 0.246. The maximum atomic E-state index is 13.0. The second-order valence-corrected chi connectivity index (χ2v) is 3.75. The third kappa shape index (κ3) is 4.92. The fourth-order valence-corrected chi connectivity index (χ4v) is 1.30. The Hall–Kier alpha value is -1.95. The summed E-state index contributed by atoms with van der Waals surface area (Å²) < 4.78 is 17.6. The first-order valence-corrected chi connectivity index (χ1v) is 5.30. The number of hydrogen-bond donors (Lipinski definition) is 2. The van der Waals surface area contributed by atoms with Crippen LogP contribution in [0.1, 0.15) is 11.1 Å². The summed E-state index contributed by atoms with van der Waals surface area (Å²) in [7, 11) is 0. The van der Waals surface area contributed by atoms with Crippen molar-refractivity contribution in [2.75, 3.05) is 13.2 Å². The first-order chi connectivity index (χ1) is 8.49. The summed E-state index contributed by atoms with van der Waals surface area (Å²) in [5, 5.41) is 10.8. The van der Waals surface area contributed by atoms with Crippen LogP contribution in [0.25, 0.3) is 0 Å². The van der Waals surface area contributed by atoms with E-state index < -0.39 is 18.5 Å². The van der Waals surface area contributed by atoms with Crippen LogP contribution in [-0.4, -0.2) is 30.2 Å². The number of aliphatic carboxylic acids is 1. The van der Waals surface area contributed by atoms with Gasteiger partial charge in [0.05, 0.1) is 0 Å². The van der Waals surface area contributed by atoms with E-state index in [0.29, 0.717) is 5.56 Å². The van der Waals surface area contributed by atoms with E-state index in [0.717, 1.165) is 5.56 Å². The molecule has 0 fully saturated rings. The molecule has 0 spiro atoms. The molecule has 0 aliphatic heterocycles. The Morgan fingerprint density at radius 1 is 1.39 bits per heavy atom. The van der Waals surface area contributed by atoms with Crippen LogP contribution in [0.4, 0.5) is 4.39 Å². The molecule has 1 amide bonds. The highest BCUT2D eigenvalue weighted by atomic mass is 19.1. The molecule has 0 aliphatic rings. The van der Waals surface area contributed by atoms with E-state index in [4.69, 9.17) is 5.11 Å². The second-order valence-electron chi connectivity index (χ2n) is 3.75. The van der Waals surface area contributed by atoms with Gasteiger partial charge in [0.15, 0.2) is 0 Å². The molecule has 0 heterocycles. The first kappa shape index (κ1) is 14.1. The highest BCUT2D eigenvalue weighted by molar-refractivity contribution is 5.77. The number of carboxylic acid groups (broad SMARTS) is 1. The van der Waals surface area contributed by atoms with E-state index in [-0.39, 0.29) is 19.0 Å². The van der Waals surface area contributed by atoms with Gasteiger partial charge in [0.25, 0.3) is 0 Å². The molecule has 0 saturated heterocycles. The molecule has 0 unspecified atom stereocenters. The number of carboxylic acids is 1. The van der Waals surface area contributed by atoms with Crippen molar-refractivity contribution in [1.29, 1.82) is 0 Å². The number of amides is 1. The van der Waals surface area contributed by atoms with Crippen LogP contribution in [0.2, 0.25) is 0 Å². The van der Waals surface area contributed by atoms with Gasteiger partial charge in [-0.1, -0.05) is 12.1 Å². The number of benzene rings is 1. The van der Waals surface area contributed by atoms with E-state index in [9.17, 15) is 14.0 Å². The molecular weight excluding hydrogens is 241 g/mol. The van der Waals surface area contributed by atoms with Gasteiger partial charge in [-0.3, -0.25) is 4.79 Å². The lowest BCUT2D eigenvalue weighted by Gasteiger charge is -2.06. The maximum absolute atomic E-state index is 13.0. The first-order valence-electron chi connectivity index (χ1n) is 5.30. The minimum atomic E-state index is -1.13. The Morgan fingerprint density at radius 2 is 2.11 bits per heavy atom. The molecule has 5 nitrogen and oxygen atoms in total. The van der Waals surface area contributed by atoms with Gasteiger partial charge in [-0.05, 0) is 24.1 Å². The van der Waals surface area contributed by atoms with Crippen molar-refractivity contribution in [3.05, 3.63) is 35.1 Å².